The highest BCUT2D eigenvalue weighted by atomic mass is 16.5. The Hall–Kier alpha value is -4.46. The largest absolute Gasteiger partial charge is 0.495 e. The number of carboxylic acid groups (broad SMARTS) is 1. The zero-order valence-corrected chi connectivity index (χ0v) is 17.2. The molecule has 0 aliphatic carbocycles. The van der Waals surface area contributed by atoms with E-state index in [0.29, 0.717) is 22.7 Å². The lowest BCUT2D eigenvalue weighted by molar-refractivity contribution is 0.0696. The van der Waals surface area contributed by atoms with Crippen molar-refractivity contribution < 1.29 is 29.0 Å². The number of carboxylic acids is 1. The molecule has 160 valence electrons. The van der Waals surface area contributed by atoms with Crippen molar-refractivity contribution >= 4 is 35.1 Å². The number of anilines is 2. The van der Waals surface area contributed by atoms with Crippen molar-refractivity contribution in [3.05, 3.63) is 88.5 Å². The highest BCUT2D eigenvalue weighted by Crippen LogP contribution is 2.35. The molecule has 3 aromatic rings. The van der Waals surface area contributed by atoms with Gasteiger partial charge >= 0.3 is 5.97 Å². The van der Waals surface area contributed by atoms with E-state index >= 15 is 0 Å². The third-order valence-electron chi connectivity index (χ3n) is 5.21. The average molecular weight is 430 g/mol. The molecule has 2 N–H and O–H groups in total. The molecular weight excluding hydrogens is 412 g/mol. The van der Waals surface area contributed by atoms with Gasteiger partial charge in [0.15, 0.2) is 0 Å². The number of methoxy groups -OCH3 is 1. The fourth-order valence-electron chi connectivity index (χ4n) is 3.50. The first kappa shape index (κ1) is 20.8. The van der Waals surface area contributed by atoms with Gasteiger partial charge in [-0.05, 0) is 55.0 Å². The molecular formula is C24H18N2O6. The minimum atomic E-state index is -1.11. The normalized spacial score (nSPS) is 12.5. The number of nitrogens with zero attached hydrogens (tertiary/aromatic N) is 1. The van der Waals surface area contributed by atoms with Gasteiger partial charge in [0.1, 0.15) is 5.75 Å². The molecule has 8 heteroatoms. The number of hydrogen-bond donors (Lipinski definition) is 2. The highest BCUT2D eigenvalue weighted by molar-refractivity contribution is 6.35. The molecule has 0 fully saturated rings. The molecule has 3 aromatic carbocycles. The van der Waals surface area contributed by atoms with Crippen LogP contribution >= 0.6 is 0 Å². The Morgan fingerprint density at radius 2 is 1.59 bits per heavy atom. The van der Waals surface area contributed by atoms with E-state index in [1.54, 1.807) is 37.3 Å². The smallest absolute Gasteiger partial charge is 0.335 e. The topological polar surface area (TPSA) is 113 Å². The fourth-order valence-corrected chi connectivity index (χ4v) is 3.50. The third kappa shape index (κ3) is 3.47. The second-order valence-corrected chi connectivity index (χ2v) is 7.17. The van der Waals surface area contributed by atoms with Crippen LogP contribution in [-0.2, 0) is 0 Å². The Bertz CT molecular complexity index is 1300. The van der Waals surface area contributed by atoms with Crippen molar-refractivity contribution in [1.82, 2.24) is 0 Å². The van der Waals surface area contributed by atoms with Crippen LogP contribution in [0.25, 0.3) is 0 Å². The molecule has 0 atom stereocenters. The van der Waals surface area contributed by atoms with E-state index in [1.807, 2.05) is 0 Å². The van der Waals surface area contributed by atoms with Gasteiger partial charge in [-0.3, -0.25) is 14.4 Å². The van der Waals surface area contributed by atoms with Crippen molar-refractivity contribution in [3.8, 4) is 5.75 Å². The SMILES string of the molecule is COc1ccccc1N1C(=O)c2ccc(C(=O)Nc3cc(C(=O)O)ccc3C)cc2C1=O. The van der Waals surface area contributed by atoms with Crippen LogP contribution in [0.3, 0.4) is 0 Å². The number of para-hydroxylation sites is 2. The average Bonchev–Trinajstić information content (AvgIpc) is 3.04. The molecule has 0 saturated heterocycles. The van der Waals surface area contributed by atoms with Gasteiger partial charge in [-0.25, -0.2) is 9.69 Å². The monoisotopic (exact) mass is 430 g/mol. The molecule has 1 aliphatic rings. The van der Waals surface area contributed by atoms with Crippen LogP contribution in [0.1, 0.15) is 47.0 Å². The van der Waals surface area contributed by atoms with Gasteiger partial charge in [0, 0.05) is 11.3 Å². The minimum Gasteiger partial charge on any atom is -0.495 e. The maximum atomic E-state index is 13.0. The number of rotatable bonds is 5. The van der Waals surface area contributed by atoms with Gasteiger partial charge in [-0.1, -0.05) is 18.2 Å². The predicted molar refractivity (Wildman–Crippen MR) is 117 cm³/mol. The van der Waals surface area contributed by atoms with Gasteiger partial charge in [0.05, 0.1) is 29.5 Å². The number of amides is 3. The summed E-state index contributed by atoms with van der Waals surface area (Å²) >= 11 is 0. The van der Waals surface area contributed by atoms with Gasteiger partial charge in [0.2, 0.25) is 0 Å². The number of carbonyl (C=O) groups is 4. The number of aromatic carboxylic acids is 1. The summed E-state index contributed by atoms with van der Waals surface area (Å²) in [5, 5.41) is 11.8. The van der Waals surface area contributed by atoms with Crippen LogP contribution in [0.2, 0.25) is 0 Å². The number of nitrogens with one attached hydrogen (secondary N) is 1. The summed E-state index contributed by atoms with van der Waals surface area (Å²) in [5.74, 6) is -2.35. The summed E-state index contributed by atoms with van der Waals surface area (Å²) in [6.45, 7) is 1.73. The van der Waals surface area contributed by atoms with E-state index in [9.17, 15) is 24.3 Å². The lowest BCUT2D eigenvalue weighted by atomic mass is 10.0. The van der Waals surface area contributed by atoms with Crippen molar-refractivity contribution in [1.29, 1.82) is 0 Å². The highest BCUT2D eigenvalue weighted by Gasteiger charge is 2.38. The van der Waals surface area contributed by atoms with E-state index in [4.69, 9.17) is 4.74 Å². The van der Waals surface area contributed by atoms with Crippen LogP contribution in [-0.4, -0.2) is 35.9 Å². The summed E-state index contributed by atoms with van der Waals surface area (Å²) in [6.07, 6.45) is 0. The quantitative estimate of drug-likeness (QED) is 0.596. The van der Waals surface area contributed by atoms with Crippen LogP contribution in [0.5, 0.6) is 5.75 Å². The lowest BCUT2D eigenvalue weighted by Gasteiger charge is -2.16. The maximum Gasteiger partial charge on any atom is 0.335 e. The summed E-state index contributed by atoms with van der Waals surface area (Å²) in [5.41, 5.74) is 1.81. The molecule has 32 heavy (non-hydrogen) atoms. The van der Waals surface area contributed by atoms with E-state index in [1.165, 1.54) is 37.4 Å². The molecule has 0 spiro atoms. The number of benzene rings is 3. The Balaban J connectivity index is 1.65. The molecule has 0 radical (unpaired) electrons. The molecule has 1 heterocycles. The molecule has 0 aromatic heterocycles. The second-order valence-electron chi connectivity index (χ2n) is 7.17. The number of imide groups is 1. The second kappa shape index (κ2) is 7.99. The van der Waals surface area contributed by atoms with Crippen LogP contribution in [0, 0.1) is 6.92 Å². The lowest BCUT2D eigenvalue weighted by Crippen LogP contribution is -2.29. The standard InChI is InChI=1S/C24H18N2O6/c1-13-7-8-15(24(30)31)12-18(13)25-21(27)14-9-10-16-17(11-14)23(29)26(22(16)28)19-5-3-4-6-20(19)32-2/h3-12H,1-2H3,(H,25,27)(H,30,31). The number of hydrogen-bond acceptors (Lipinski definition) is 5. The van der Waals surface area contributed by atoms with Crippen LogP contribution < -0.4 is 15.0 Å². The molecule has 0 unspecified atom stereocenters. The van der Waals surface area contributed by atoms with Gasteiger partial charge < -0.3 is 15.2 Å². The van der Waals surface area contributed by atoms with Gasteiger partial charge in [0.25, 0.3) is 17.7 Å². The van der Waals surface area contributed by atoms with Crippen molar-refractivity contribution in [2.45, 2.75) is 6.92 Å². The number of fused-ring (bicyclic) bond motifs is 1. The first-order valence-electron chi connectivity index (χ1n) is 9.63. The zero-order valence-electron chi connectivity index (χ0n) is 17.2. The first-order valence-corrected chi connectivity index (χ1v) is 9.63. The molecule has 0 saturated carbocycles. The summed E-state index contributed by atoms with van der Waals surface area (Å²) in [7, 11) is 1.45. The first-order chi connectivity index (χ1) is 15.3. The summed E-state index contributed by atoms with van der Waals surface area (Å²) in [4.78, 5) is 51.0. The summed E-state index contributed by atoms with van der Waals surface area (Å²) < 4.78 is 5.27. The minimum absolute atomic E-state index is 0.0353. The molecule has 8 nitrogen and oxygen atoms in total. The van der Waals surface area contributed by atoms with E-state index in [-0.39, 0.29) is 22.3 Å². The Kier molecular flexibility index (Phi) is 5.19. The van der Waals surface area contributed by atoms with E-state index < -0.39 is 23.7 Å². The van der Waals surface area contributed by atoms with Crippen molar-refractivity contribution in [2.75, 3.05) is 17.3 Å². The fraction of sp³-hybridized carbons (Fsp3) is 0.0833. The predicted octanol–water partition coefficient (Wildman–Crippen LogP) is 3.75. The Labute approximate surface area is 183 Å². The zero-order chi connectivity index (χ0) is 23.0. The van der Waals surface area contributed by atoms with E-state index in [2.05, 4.69) is 5.32 Å². The summed E-state index contributed by atoms with van der Waals surface area (Å²) in [6, 6.07) is 15.3. The number of carbonyl (C=O) groups excluding carboxylic acids is 3. The Morgan fingerprint density at radius 1 is 0.906 bits per heavy atom. The molecule has 4 rings (SSSR count). The molecule has 1 aliphatic heterocycles. The van der Waals surface area contributed by atoms with Crippen molar-refractivity contribution in [3.63, 3.8) is 0 Å². The number of aryl methyl sites for hydroxylation is 1. The van der Waals surface area contributed by atoms with Crippen LogP contribution in [0.4, 0.5) is 11.4 Å². The van der Waals surface area contributed by atoms with Gasteiger partial charge in [-0.15, -0.1) is 0 Å². The molecule has 3 amide bonds. The third-order valence-corrected chi connectivity index (χ3v) is 5.21. The maximum absolute atomic E-state index is 13.0. The number of ether oxygens (including phenoxy) is 1. The Morgan fingerprint density at radius 3 is 2.31 bits per heavy atom. The van der Waals surface area contributed by atoms with Crippen LogP contribution in [0.15, 0.2) is 60.7 Å². The van der Waals surface area contributed by atoms with E-state index in [0.717, 1.165) is 4.90 Å². The van der Waals surface area contributed by atoms with Gasteiger partial charge in [-0.2, -0.15) is 0 Å². The molecule has 0 bridgehead atoms. The van der Waals surface area contributed by atoms with Crippen molar-refractivity contribution in [2.24, 2.45) is 0 Å².